The lowest BCUT2D eigenvalue weighted by molar-refractivity contribution is -0.143. The number of carboxylic acids is 1. The molecule has 0 aliphatic carbocycles. The largest absolute Gasteiger partial charge is 0.481 e. The van der Waals surface area contributed by atoms with E-state index >= 15 is 0 Å². The van der Waals surface area contributed by atoms with Crippen LogP contribution in [0.25, 0.3) is 0 Å². The van der Waals surface area contributed by atoms with Crippen molar-refractivity contribution in [3.63, 3.8) is 0 Å². The van der Waals surface area contributed by atoms with E-state index in [2.05, 4.69) is 0 Å². The summed E-state index contributed by atoms with van der Waals surface area (Å²) in [4.78, 5) is 26.3. The Morgan fingerprint density at radius 3 is 2.38 bits per heavy atom. The molecule has 1 rings (SSSR count). The normalized spacial score (nSPS) is 27.8. The van der Waals surface area contributed by atoms with Gasteiger partial charge in [-0.05, 0) is 20.3 Å². The molecular formula is C11H20N2O3. The summed E-state index contributed by atoms with van der Waals surface area (Å²) in [6.45, 7) is 4.40. The molecule has 0 radical (unpaired) electrons. The van der Waals surface area contributed by atoms with Crippen LogP contribution in [0.15, 0.2) is 0 Å². The average molecular weight is 228 g/mol. The highest BCUT2D eigenvalue weighted by Gasteiger charge is 2.39. The van der Waals surface area contributed by atoms with Crippen LogP contribution in [0.5, 0.6) is 0 Å². The number of rotatable bonds is 3. The summed E-state index contributed by atoms with van der Waals surface area (Å²) in [6.07, 6.45) is 0.627. The Bertz CT molecular complexity index is 291. The first-order chi connectivity index (χ1) is 7.36. The number of hydrogen-bond acceptors (Lipinski definition) is 3. The number of amides is 1. The molecule has 5 heteroatoms. The molecule has 5 nitrogen and oxygen atoms in total. The maximum absolute atomic E-state index is 11.8. The van der Waals surface area contributed by atoms with Crippen molar-refractivity contribution in [1.82, 2.24) is 9.80 Å². The molecule has 16 heavy (non-hydrogen) atoms. The van der Waals surface area contributed by atoms with Gasteiger partial charge in [0.2, 0.25) is 5.91 Å². The molecule has 1 fully saturated rings. The lowest BCUT2D eigenvalue weighted by Crippen LogP contribution is -2.47. The van der Waals surface area contributed by atoms with Gasteiger partial charge in [0, 0.05) is 26.7 Å². The van der Waals surface area contributed by atoms with Crippen molar-refractivity contribution in [3.8, 4) is 0 Å². The van der Waals surface area contributed by atoms with Gasteiger partial charge in [-0.2, -0.15) is 0 Å². The molecule has 0 aromatic carbocycles. The van der Waals surface area contributed by atoms with Gasteiger partial charge in [0.05, 0.1) is 12.0 Å². The average Bonchev–Trinajstić information content (AvgIpc) is 2.57. The zero-order chi connectivity index (χ0) is 12.5. The van der Waals surface area contributed by atoms with Gasteiger partial charge in [-0.1, -0.05) is 0 Å². The smallest absolute Gasteiger partial charge is 0.308 e. The van der Waals surface area contributed by atoms with Crippen molar-refractivity contribution in [2.45, 2.75) is 32.4 Å². The van der Waals surface area contributed by atoms with Gasteiger partial charge >= 0.3 is 5.97 Å². The van der Waals surface area contributed by atoms with Crippen molar-refractivity contribution in [1.29, 1.82) is 0 Å². The predicted octanol–water partition coefficient (Wildman–Crippen LogP) is 0.258. The summed E-state index contributed by atoms with van der Waals surface area (Å²) < 4.78 is 0. The van der Waals surface area contributed by atoms with E-state index in [0.717, 1.165) is 0 Å². The van der Waals surface area contributed by atoms with Crippen molar-refractivity contribution in [2.75, 3.05) is 20.6 Å². The van der Waals surface area contributed by atoms with E-state index in [1.807, 2.05) is 18.7 Å². The van der Waals surface area contributed by atoms with E-state index in [4.69, 9.17) is 5.11 Å². The molecule has 1 heterocycles. The van der Waals surface area contributed by atoms with Crippen molar-refractivity contribution >= 4 is 11.9 Å². The van der Waals surface area contributed by atoms with Gasteiger partial charge in [-0.15, -0.1) is 0 Å². The molecule has 0 aromatic rings. The zero-order valence-electron chi connectivity index (χ0n) is 10.3. The molecular weight excluding hydrogens is 208 g/mol. The molecule has 0 saturated carbocycles. The highest BCUT2D eigenvalue weighted by atomic mass is 16.4. The molecule has 1 N–H and O–H groups in total. The fraction of sp³-hybridized carbons (Fsp3) is 0.818. The van der Waals surface area contributed by atoms with Crippen molar-refractivity contribution in [2.24, 2.45) is 5.92 Å². The monoisotopic (exact) mass is 228 g/mol. The summed E-state index contributed by atoms with van der Waals surface area (Å²) in [5.41, 5.74) is 0. The standard InChI is InChI=1S/C11H20N2O3/c1-7-9(11(15)16)5-6-13(7)8(2)10(14)12(3)4/h7-9H,5-6H2,1-4H3,(H,15,16). The molecule has 1 amide bonds. The number of nitrogens with zero attached hydrogens (tertiary/aromatic N) is 2. The Morgan fingerprint density at radius 2 is 2.00 bits per heavy atom. The lowest BCUT2D eigenvalue weighted by atomic mass is 10.0. The Labute approximate surface area is 96.0 Å². The number of carbonyl (C=O) groups excluding carboxylic acids is 1. The third kappa shape index (κ3) is 2.35. The lowest BCUT2D eigenvalue weighted by Gasteiger charge is -2.30. The summed E-state index contributed by atoms with van der Waals surface area (Å²) >= 11 is 0. The molecule has 3 unspecified atom stereocenters. The van der Waals surface area contributed by atoms with Crippen molar-refractivity contribution < 1.29 is 14.7 Å². The van der Waals surface area contributed by atoms with E-state index in [-0.39, 0.29) is 23.9 Å². The van der Waals surface area contributed by atoms with Crippen molar-refractivity contribution in [3.05, 3.63) is 0 Å². The van der Waals surface area contributed by atoms with E-state index in [0.29, 0.717) is 13.0 Å². The minimum absolute atomic E-state index is 0.0258. The topological polar surface area (TPSA) is 60.9 Å². The Hall–Kier alpha value is -1.10. The first kappa shape index (κ1) is 13.0. The molecule has 1 aliphatic heterocycles. The van der Waals surface area contributed by atoms with Gasteiger partial charge in [0.1, 0.15) is 0 Å². The molecule has 1 aliphatic rings. The fourth-order valence-electron chi connectivity index (χ4n) is 2.36. The van der Waals surface area contributed by atoms with Gasteiger partial charge in [0.15, 0.2) is 0 Å². The molecule has 0 spiro atoms. The number of hydrogen-bond donors (Lipinski definition) is 1. The van der Waals surface area contributed by atoms with Crippen LogP contribution >= 0.6 is 0 Å². The maximum Gasteiger partial charge on any atom is 0.308 e. The Balaban J connectivity index is 2.70. The van der Waals surface area contributed by atoms with Crippen LogP contribution in [0.3, 0.4) is 0 Å². The third-order valence-electron chi connectivity index (χ3n) is 3.42. The van der Waals surface area contributed by atoms with E-state index in [9.17, 15) is 9.59 Å². The second-order valence-corrected chi connectivity index (χ2v) is 4.62. The molecule has 0 bridgehead atoms. The van der Waals surface area contributed by atoms with E-state index in [1.165, 1.54) is 0 Å². The maximum atomic E-state index is 11.8. The van der Waals surface area contributed by atoms with E-state index in [1.54, 1.807) is 19.0 Å². The number of likely N-dealkylation sites (tertiary alicyclic amines) is 1. The number of aliphatic carboxylic acids is 1. The zero-order valence-corrected chi connectivity index (χ0v) is 10.3. The van der Waals surface area contributed by atoms with E-state index < -0.39 is 5.97 Å². The van der Waals surface area contributed by atoms with Crippen LogP contribution in [-0.2, 0) is 9.59 Å². The highest BCUT2D eigenvalue weighted by Crippen LogP contribution is 2.26. The minimum atomic E-state index is -0.764. The quantitative estimate of drug-likeness (QED) is 0.752. The van der Waals surface area contributed by atoms with Crippen LogP contribution in [0, 0.1) is 5.92 Å². The number of likely N-dealkylation sites (N-methyl/N-ethyl adjacent to an activating group) is 1. The highest BCUT2D eigenvalue weighted by molar-refractivity contribution is 5.81. The third-order valence-corrected chi connectivity index (χ3v) is 3.42. The molecule has 92 valence electrons. The molecule has 1 saturated heterocycles. The summed E-state index contributed by atoms with van der Waals surface area (Å²) in [5.74, 6) is -1.09. The van der Waals surface area contributed by atoms with Gasteiger partial charge in [-0.3, -0.25) is 14.5 Å². The van der Waals surface area contributed by atoms with Crippen LogP contribution in [-0.4, -0.2) is 59.5 Å². The SMILES string of the molecule is CC(C(=O)N(C)C)N1CCC(C(=O)O)C1C. The second kappa shape index (κ2) is 4.82. The van der Waals surface area contributed by atoms with Crippen LogP contribution in [0.2, 0.25) is 0 Å². The summed E-state index contributed by atoms with van der Waals surface area (Å²) in [5, 5.41) is 9.01. The second-order valence-electron chi connectivity index (χ2n) is 4.62. The summed E-state index contributed by atoms with van der Waals surface area (Å²) in [6, 6.07) is -0.314. The first-order valence-corrected chi connectivity index (χ1v) is 5.56. The van der Waals surface area contributed by atoms with Gasteiger partial charge in [-0.25, -0.2) is 0 Å². The Morgan fingerprint density at radius 1 is 1.44 bits per heavy atom. The molecule has 3 atom stereocenters. The number of carboxylic acid groups (broad SMARTS) is 1. The minimum Gasteiger partial charge on any atom is -0.481 e. The number of carbonyl (C=O) groups is 2. The van der Waals surface area contributed by atoms with Crippen LogP contribution < -0.4 is 0 Å². The summed E-state index contributed by atoms with van der Waals surface area (Å²) in [7, 11) is 3.43. The molecule has 0 aromatic heterocycles. The first-order valence-electron chi connectivity index (χ1n) is 5.56. The van der Waals surface area contributed by atoms with Gasteiger partial charge < -0.3 is 10.0 Å². The van der Waals surface area contributed by atoms with Crippen LogP contribution in [0.1, 0.15) is 20.3 Å². The predicted molar refractivity (Wildman–Crippen MR) is 60.1 cm³/mol. The fourth-order valence-corrected chi connectivity index (χ4v) is 2.36. The van der Waals surface area contributed by atoms with Crippen LogP contribution in [0.4, 0.5) is 0 Å². The Kier molecular flexibility index (Phi) is 3.91. The van der Waals surface area contributed by atoms with Gasteiger partial charge in [0.25, 0.3) is 0 Å².